The topological polar surface area (TPSA) is 32.5 Å². The number of hydrogen-bond acceptors (Lipinski definition) is 3. The van der Waals surface area contributed by atoms with E-state index in [1.54, 1.807) is 0 Å². The smallest absolute Gasteiger partial charge is 0.0548 e. The summed E-state index contributed by atoms with van der Waals surface area (Å²) in [7, 11) is 0. The Morgan fingerprint density at radius 1 is 1.13 bits per heavy atom. The van der Waals surface area contributed by atoms with Gasteiger partial charge in [0.05, 0.1) is 6.17 Å². The van der Waals surface area contributed by atoms with Crippen molar-refractivity contribution in [3.63, 3.8) is 0 Å². The van der Waals surface area contributed by atoms with Crippen LogP contribution in [0.3, 0.4) is 0 Å². The fraction of sp³-hybridized carbons (Fsp3) is 1.00. The molecule has 0 aromatic rings. The monoisotopic (exact) mass is 211 g/mol. The molecule has 0 bridgehead atoms. The summed E-state index contributed by atoms with van der Waals surface area (Å²) in [5.41, 5.74) is 6.50. The molecule has 2 atom stereocenters. The van der Waals surface area contributed by atoms with Crippen molar-refractivity contribution in [2.45, 2.75) is 57.8 Å². The van der Waals surface area contributed by atoms with E-state index in [4.69, 9.17) is 5.73 Å². The third-order valence-corrected chi connectivity index (χ3v) is 4.23. The molecule has 88 valence electrons. The second-order valence-electron chi connectivity index (χ2n) is 5.58. The number of likely N-dealkylation sites (tertiary alicyclic amines) is 2. The van der Waals surface area contributed by atoms with E-state index in [1.807, 2.05) is 0 Å². The van der Waals surface area contributed by atoms with E-state index in [-0.39, 0.29) is 6.17 Å². The normalized spacial score (nSPS) is 35.8. The highest BCUT2D eigenvalue weighted by Gasteiger charge is 2.47. The number of hydrogen-bond donors (Lipinski definition) is 1. The number of nitrogens with zero attached hydrogens (tertiary/aromatic N) is 2. The molecule has 3 nitrogen and oxygen atoms in total. The zero-order valence-electron chi connectivity index (χ0n) is 10.4. The molecule has 0 aliphatic carbocycles. The van der Waals surface area contributed by atoms with Gasteiger partial charge in [0.1, 0.15) is 0 Å². The van der Waals surface area contributed by atoms with Gasteiger partial charge in [-0.2, -0.15) is 0 Å². The Balaban J connectivity index is 2.08. The molecule has 2 fully saturated rings. The van der Waals surface area contributed by atoms with Gasteiger partial charge in [0.25, 0.3) is 0 Å². The summed E-state index contributed by atoms with van der Waals surface area (Å²) in [5.74, 6) is 0. The molecule has 2 unspecified atom stereocenters. The Bertz CT molecular complexity index is 227. The predicted octanol–water partition coefficient (Wildman–Crippen LogP) is 1.24. The second-order valence-corrected chi connectivity index (χ2v) is 5.58. The van der Waals surface area contributed by atoms with Crippen LogP contribution >= 0.6 is 0 Å². The molecular formula is C12H25N3. The SMILES string of the molecule is CC(C)N1CCC2(CCCN2C(C)N)C1. The standard InChI is InChI=1S/C12H25N3/c1-10(2)14-8-6-12(9-14)5-4-7-15(12)11(3)13/h10-11H,4-9,13H2,1-3H3. The molecule has 0 saturated carbocycles. The maximum absolute atomic E-state index is 6.08. The Kier molecular flexibility index (Phi) is 3.06. The van der Waals surface area contributed by atoms with Crippen molar-refractivity contribution in [1.29, 1.82) is 0 Å². The third kappa shape index (κ3) is 1.93. The van der Waals surface area contributed by atoms with E-state index < -0.39 is 0 Å². The molecule has 0 aromatic carbocycles. The van der Waals surface area contributed by atoms with E-state index in [9.17, 15) is 0 Å². The first-order valence-electron chi connectivity index (χ1n) is 6.31. The average molecular weight is 211 g/mol. The lowest BCUT2D eigenvalue weighted by Gasteiger charge is -2.38. The lowest BCUT2D eigenvalue weighted by molar-refractivity contribution is 0.0963. The zero-order chi connectivity index (χ0) is 11.1. The summed E-state index contributed by atoms with van der Waals surface area (Å²) in [4.78, 5) is 5.14. The van der Waals surface area contributed by atoms with Crippen molar-refractivity contribution >= 4 is 0 Å². The molecule has 2 N–H and O–H groups in total. The van der Waals surface area contributed by atoms with Crippen molar-refractivity contribution in [1.82, 2.24) is 9.80 Å². The molecule has 0 amide bonds. The van der Waals surface area contributed by atoms with Gasteiger partial charge >= 0.3 is 0 Å². The van der Waals surface area contributed by atoms with Crippen LogP contribution in [0.1, 0.15) is 40.0 Å². The van der Waals surface area contributed by atoms with Crippen molar-refractivity contribution in [3.05, 3.63) is 0 Å². The maximum atomic E-state index is 6.08. The van der Waals surface area contributed by atoms with Crippen LogP contribution in [0, 0.1) is 0 Å². The van der Waals surface area contributed by atoms with Crippen molar-refractivity contribution in [2.24, 2.45) is 5.73 Å². The van der Waals surface area contributed by atoms with Crippen LogP contribution < -0.4 is 5.73 Å². The lowest BCUT2D eigenvalue weighted by Crippen LogP contribution is -2.53. The Hall–Kier alpha value is -0.120. The van der Waals surface area contributed by atoms with Crippen molar-refractivity contribution in [3.8, 4) is 0 Å². The minimum Gasteiger partial charge on any atom is -0.316 e. The van der Waals surface area contributed by atoms with E-state index in [0.717, 1.165) is 0 Å². The second kappa shape index (κ2) is 4.04. The van der Waals surface area contributed by atoms with Crippen LogP contribution in [0.5, 0.6) is 0 Å². The molecule has 2 aliphatic heterocycles. The average Bonchev–Trinajstić information content (AvgIpc) is 2.74. The van der Waals surface area contributed by atoms with Gasteiger partial charge in [-0.25, -0.2) is 0 Å². The van der Waals surface area contributed by atoms with E-state index in [0.29, 0.717) is 11.6 Å². The van der Waals surface area contributed by atoms with Gasteiger partial charge in [-0.1, -0.05) is 0 Å². The van der Waals surface area contributed by atoms with Gasteiger partial charge in [0.2, 0.25) is 0 Å². The number of nitrogens with two attached hydrogens (primary N) is 1. The molecule has 0 radical (unpaired) electrons. The van der Waals surface area contributed by atoms with Crippen molar-refractivity contribution < 1.29 is 0 Å². The Morgan fingerprint density at radius 3 is 2.40 bits per heavy atom. The van der Waals surface area contributed by atoms with Gasteiger partial charge < -0.3 is 5.73 Å². The van der Waals surface area contributed by atoms with Crippen LogP contribution in [0.15, 0.2) is 0 Å². The Labute approximate surface area is 93.6 Å². The van der Waals surface area contributed by atoms with Gasteiger partial charge in [0.15, 0.2) is 0 Å². The minimum absolute atomic E-state index is 0.222. The number of rotatable bonds is 2. The quantitative estimate of drug-likeness (QED) is 0.746. The summed E-state index contributed by atoms with van der Waals surface area (Å²) in [6, 6.07) is 0.680. The highest BCUT2D eigenvalue weighted by atomic mass is 15.3. The molecular weight excluding hydrogens is 186 g/mol. The lowest BCUT2D eigenvalue weighted by atomic mass is 9.95. The fourth-order valence-corrected chi connectivity index (χ4v) is 3.36. The largest absolute Gasteiger partial charge is 0.316 e. The summed E-state index contributed by atoms with van der Waals surface area (Å²) in [5, 5.41) is 0. The van der Waals surface area contributed by atoms with Crippen LogP contribution in [-0.2, 0) is 0 Å². The van der Waals surface area contributed by atoms with Crippen LogP contribution in [0.4, 0.5) is 0 Å². The molecule has 15 heavy (non-hydrogen) atoms. The van der Waals surface area contributed by atoms with Crippen LogP contribution in [-0.4, -0.2) is 47.2 Å². The van der Waals surface area contributed by atoms with E-state index in [2.05, 4.69) is 30.6 Å². The first-order chi connectivity index (χ1) is 7.05. The molecule has 2 saturated heterocycles. The minimum atomic E-state index is 0.222. The first-order valence-corrected chi connectivity index (χ1v) is 6.31. The Morgan fingerprint density at radius 2 is 1.87 bits per heavy atom. The molecule has 1 spiro atoms. The summed E-state index contributed by atoms with van der Waals surface area (Å²) >= 11 is 0. The molecule has 3 heteroatoms. The van der Waals surface area contributed by atoms with Gasteiger partial charge in [-0.3, -0.25) is 9.80 Å². The molecule has 0 aromatic heterocycles. The van der Waals surface area contributed by atoms with E-state index in [1.165, 1.54) is 38.9 Å². The molecule has 2 heterocycles. The fourth-order valence-electron chi connectivity index (χ4n) is 3.36. The van der Waals surface area contributed by atoms with Crippen LogP contribution in [0.2, 0.25) is 0 Å². The molecule has 2 aliphatic rings. The first kappa shape index (κ1) is 11.4. The predicted molar refractivity (Wildman–Crippen MR) is 63.6 cm³/mol. The summed E-state index contributed by atoms with van der Waals surface area (Å²) in [6.45, 7) is 10.4. The van der Waals surface area contributed by atoms with Crippen LogP contribution in [0.25, 0.3) is 0 Å². The highest BCUT2D eigenvalue weighted by molar-refractivity contribution is 5.03. The summed E-state index contributed by atoms with van der Waals surface area (Å²) in [6.07, 6.45) is 4.21. The van der Waals surface area contributed by atoms with Gasteiger partial charge in [-0.05, 0) is 40.0 Å². The summed E-state index contributed by atoms with van der Waals surface area (Å²) < 4.78 is 0. The molecule has 2 rings (SSSR count). The van der Waals surface area contributed by atoms with E-state index >= 15 is 0 Å². The van der Waals surface area contributed by atoms with Gasteiger partial charge in [0, 0.05) is 31.2 Å². The van der Waals surface area contributed by atoms with Crippen molar-refractivity contribution in [2.75, 3.05) is 19.6 Å². The third-order valence-electron chi connectivity index (χ3n) is 4.23. The van der Waals surface area contributed by atoms with Gasteiger partial charge in [-0.15, -0.1) is 0 Å². The highest BCUT2D eigenvalue weighted by Crippen LogP contribution is 2.38. The maximum Gasteiger partial charge on any atom is 0.0548 e. The zero-order valence-corrected chi connectivity index (χ0v) is 10.4.